The van der Waals surface area contributed by atoms with E-state index < -0.39 is 0 Å². The van der Waals surface area contributed by atoms with E-state index in [4.69, 9.17) is 19.4 Å². The Morgan fingerprint density at radius 2 is 2.05 bits per heavy atom. The quantitative estimate of drug-likeness (QED) is 0.431. The Labute approximate surface area is 254 Å². The number of amides is 1. The number of piperazine rings is 1. The summed E-state index contributed by atoms with van der Waals surface area (Å²) in [6.45, 7) is 13.0. The molecule has 228 valence electrons. The Bertz CT molecular complexity index is 1370. The number of hydrogen-bond donors (Lipinski definition) is 0. The molecule has 0 radical (unpaired) electrons. The van der Waals surface area contributed by atoms with Crippen molar-refractivity contribution in [3.8, 4) is 17.8 Å². The summed E-state index contributed by atoms with van der Waals surface area (Å²) in [5.74, 6) is 1.70. The summed E-state index contributed by atoms with van der Waals surface area (Å²) in [7, 11) is 0. The zero-order valence-corrected chi connectivity index (χ0v) is 25.5. The fourth-order valence-electron chi connectivity index (χ4n) is 7.34. The van der Waals surface area contributed by atoms with Crippen LogP contribution in [-0.4, -0.2) is 95.8 Å². The summed E-state index contributed by atoms with van der Waals surface area (Å²) in [4.78, 5) is 31.6. The highest BCUT2D eigenvalue weighted by molar-refractivity contribution is 5.87. The first-order valence-electron chi connectivity index (χ1n) is 15.8. The van der Waals surface area contributed by atoms with Crippen LogP contribution in [0.15, 0.2) is 36.9 Å². The van der Waals surface area contributed by atoms with Crippen LogP contribution in [0.5, 0.6) is 11.8 Å². The standard InChI is InChI=1S/C33H43N7O3/c1-4-31(41)40-17-16-37(21-25(40)13-14-34)32-27-12-11-24(39-18-19-42-30-10-6-5-9-29(30)39)20-28(27)35-33(36-32)43-22-26-8-7-15-38(26)23(2)3/h4-6,9-10,23-26H,1,7-8,11-13,15-22H2,2-3H3/t24?,25-,26-/m0/s1. The summed E-state index contributed by atoms with van der Waals surface area (Å²) in [6, 6.07) is 11.9. The van der Waals surface area contributed by atoms with E-state index in [1.165, 1.54) is 12.5 Å². The lowest BCUT2D eigenvalue weighted by molar-refractivity contribution is -0.128. The minimum atomic E-state index is -0.224. The topological polar surface area (TPSA) is 98.1 Å². The number of para-hydroxylation sites is 2. The van der Waals surface area contributed by atoms with E-state index in [9.17, 15) is 10.1 Å². The molecule has 10 heteroatoms. The zero-order valence-electron chi connectivity index (χ0n) is 25.5. The average Bonchev–Trinajstić information content (AvgIpc) is 3.52. The van der Waals surface area contributed by atoms with Gasteiger partial charge in [0.25, 0.3) is 0 Å². The molecule has 1 aromatic carbocycles. The van der Waals surface area contributed by atoms with Crippen molar-refractivity contribution in [1.82, 2.24) is 19.8 Å². The molecule has 4 aliphatic rings. The van der Waals surface area contributed by atoms with Gasteiger partial charge in [0.15, 0.2) is 0 Å². The molecule has 0 bridgehead atoms. The van der Waals surface area contributed by atoms with Crippen LogP contribution < -0.4 is 19.3 Å². The molecular formula is C33H43N7O3. The molecule has 10 nitrogen and oxygen atoms in total. The number of hydrogen-bond acceptors (Lipinski definition) is 9. The number of nitrogens with zero attached hydrogens (tertiary/aromatic N) is 7. The summed E-state index contributed by atoms with van der Waals surface area (Å²) < 4.78 is 12.3. The maximum absolute atomic E-state index is 12.6. The SMILES string of the molecule is C=CC(=O)N1CCN(c2nc(OC[C@@H]3CCCN3C(C)C)nc3c2CCC(N2CCOc4ccccc42)C3)C[C@@H]1CC#N. The van der Waals surface area contributed by atoms with Gasteiger partial charge in [0.2, 0.25) is 5.91 Å². The number of likely N-dealkylation sites (tertiary alicyclic amines) is 1. The third-order valence-corrected chi connectivity index (χ3v) is 9.47. The predicted octanol–water partition coefficient (Wildman–Crippen LogP) is 3.60. The van der Waals surface area contributed by atoms with Gasteiger partial charge in [-0.25, -0.2) is 0 Å². The maximum Gasteiger partial charge on any atom is 0.318 e. The Balaban J connectivity index is 1.29. The largest absolute Gasteiger partial charge is 0.490 e. The monoisotopic (exact) mass is 585 g/mol. The van der Waals surface area contributed by atoms with E-state index in [1.807, 2.05) is 12.1 Å². The van der Waals surface area contributed by atoms with Crippen molar-refractivity contribution in [2.24, 2.45) is 0 Å². The van der Waals surface area contributed by atoms with E-state index in [0.717, 1.165) is 67.3 Å². The van der Waals surface area contributed by atoms with E-state index >= 15 is 0 Å². The van der Waals surface area contributed by atoms with Gasteiger partial charge in [-0.15, -0.1) is 0 Å². The lowest BCUT2D eigenvalue weighted by Gasteiger charge is -2.43. The number of benzene rings is 1. The number of ether oxygens (including phenoxy) is 2. The van der Waals surface area contributed by atoms with E-state index in [0.29, 0.717) is 57.0 Å². The minimum Gasteiger partial charge on any atom is -0.490 e. The fraction of sp³-hybridized carbons (Fsp3) is 0.576. The van der Waals surface area contributed by atoms with Gasteiger partial charge in [-0.1, -0.05) is 18.7 Å². The molecule has 43 heavy (non-hydrogen) atoms. The normalized spacial score (nSPS) is 23.8. The van der Waals surface area contributed by atoms with E-state index in [-0.39, 0.29) is 18.4 Å². The van der Waals surface area contributed by atoms with Crippen molar-refractivity contribution in [3.63, 3.8) is 0 Å². The number of carbonyl (C=O) groups is 1. The highest BCUT2D eigenvalue weighted by atomic mass is 16.5. The number of rotatable bonds is 8. The molecule has 1 unspecified atom stereocenters. The van der Waals surface area contributed by atoms with Crippen LogP contribution in [0.1, 0.15) is 50.8 Å². The van der Waals surface area contributed by atoms with Crippen LogP contribution in [0.4, 0.5) is 11.5 Å². The van der Waals surface area contributed by atoms with Crippen molar-refractivity contribution in [1.29, 1.82) is 5.26 Å². The molecule has 3 aliphatic heterocycles. The third kappa shape index (κ3) is 6.00. The van der Waals surface area contributed by atoms with Crippen LogP contribution >= 0.6 is 0 Å². The van der Waals surface area contributed by atoms with Crippen LogP contribution in [0, 0.1) is 11.3 Å². The highest BCUT2D eigenvalue weighted by Gasteiger charge is 2.36. The first kappa shape index (κ1) is 29.2. The summed E-state index contributed by atoms with van der Waals surface area (Å²) in [5, 5.41) is 9.55. The molecule has 2 saturated heterocycles. The molecule has 2 aromatic rings. The van der Waals surface area contributed by atoms with Gasteiger partial charge >= 0.3 is 6.01 Å². The van der Waals surface area contributed by atoms with Gasteiger partial charge in [-0.2, -0.15) is 15.2 Å². The van der Waals surface area contributed by atoms with Crippen molar-refractivity contribution < 1.29 is 14.3 Å². The summed E-state index contributed by atoms with van der Waals surface area (Å²) in [6.07, 6.45) is 6.54. The zero-order chi connectivity index (χ0) is 29.9. The fourth-order valence-corrected chi connectivity index (χ4v) is 7.34. The Kier molecular flexibility index (Phi) is 8.70. The molecule has 3 atom stereocenters. The smallest absolute Gasteiger partial charge is 0.318 e. The van der Waals surface area contributed by atoms with E-state index in [1.54, 1.807) is 4.90 Å². The Hall–Kier alpha value is -3.84. The van der Waals surface area contributed by atoms with Crippen molar-refractivity contribution in [2.75, 3.05) is 55.7 Å². The number of anilines is 2. The highest BCUT2D eigenvalue weighted by Crippen LogP contribution is 2.38. The van der Waals surface area contributed by atoms with Crippen LogP contribution in [0.3, 0.4) is 0 Å². The maximum atomic E-state index is 12.6. The first-order valence-corrected chi connectivity index (χ1v) is 15.8. The molecule has 0 saturated carbocycles. The predicted molar refractivity (Wildman–Crippen MR) is 166 cm³/mol. The van der Waals surface area contributed by atoms with Crippen molar-refractivity contribution in [3.05, 3.63) is 48.2 Å². The van der Waals surface area contributed by atoms with Crippen LogP contribution in [0.2, 0.25) is 0 Å². The lowest BCUT2D eigenvalue weighted by atomic mass is 9.90. The molecule has 0 spiro atoms. The summed E-state index contributed by atoms with van der Waals surface area (Å²) in [5.41, 5.74) is 3.34. The number of carbonyl (C=O) groups excluding carboxylic acids is 1. The molecule has 6 rings (SSSR count). The van der Waals surface area contributed by atoms with Gasteiger partial charge in [-0.05, 0) is 64.3 Å². The molecule has 1 aliphatic carbocycles. The molecular weight excluding hydrogens is 542 g/mol. The van der Waals surface area contributed by atoms with Crippen molar-refractivity contribution >= 4 is 17.4 Å². The first-order chi connectivity index (χ1) is 21.0. The second-order valence-electron chi connectivity index (χ2n) is 12.3. The average molecular weight is 586 g/mol. The summed E-state index contributed by atoms with van der Waals surface area (Å²) >= 11 is 0. The van der Waals surface area contributed by atoms with E-state index in [2.05, 4.69) is 53.3 Å². The minimum absolute atomic E-state index is 0.131. The molecule has 1 aromatic heterocycles. The number of aromatic nitrogens is 2. The van der Waals surface area contributed by atoms with Crippen molar-refractivity contribution in [2.45, 2.75) is 76.5 Å². The number of nitriles is 1. The second-order valence-corrected chi connectivity index (χ2v) is 12.3. The van der Waals surface area contributed by atoms with Crippen LogP contribution in [0.25, 0.3) is 0 Å². The second kappa shape index (κ2) is 12.8. The molecule has 0 N–H and O–H groups in total. The molecule has 4 heterocycles. The third-order valence-electron chi connectivity index (χ3n) is 9.47. The molecule has 1 amide bonds. The molecule has 2 fully saturated rings. The lowest BCUT2D eigenvalue weighted by Crippen LogP contribution is -2.55. The van der Waals surface area contributed by atoms with Gasteiger partial charge < -0.3 is 24.2 Å². The van der Waals surface area contributed by atoms with Crippen LogP contribution in [-0.2, 0) is 17.6 Å². The van der Waals surface area contributed by atoms with Gasteiger partial charge in [-0.3, -0.25) is 9.69 Å². The van der Waals surface area contributed by atoms with Gasteiger partial charge in [0.1, 0.15) is 24.8 Å². The van der Waals surface area contributed by atoms with Gasteiger partial charge in [0.05, 0.1) is 36.5 Å². The number of fused-ring (bicyclic) bond motifs is 2. The Morgan fingerprint density at radius 3 is 2.86 bits per heavy atom. The van der Waals surface area contributed by atoms with Gasteiger partial charge in [0, 0.05) is 49.7 Å². The Morgan fingerprint density at radius 1 is 1.19 bits per heavy atom.